The molecule has 170 valence electrons. The van der Waals surface area contributed by atoms with Crippen molar-refractivity contribution < 1.29 is 14.3 Å². The number of nitrogens with zero attached hydrogens (tertiary/aromatic N) is 3. The van der Waals surface area contributed by atoms with Gasteiger partial charge in [-0.2, -0.15) is 0 Å². The van der Waals surface area contributed by atoms with Crippen molar-refractivity contribution in [3.63, 3.8) is 0 Å². The third kappa shape index (κ3) is 7.14. The van der Waals surface area contributed by atoms with Gasteiger partial charge in [-0.15, -0.1) is 0 Å². The minimum Gasteiger partial charge on any atom is -0.383 e. The number of hydrogen-bond donors (Lipinski definition) is 1. The van der Waals surface area contributed by atoms with E-state index in [0.717, 1.165) is 35.3 Å². The van der Waals surface area contributed by atoms with Gasteiger partial charge in [0.25, 0.3) is 0 Å². The predicted molar refractivity (Wildman–Crippen MR) is 124 cm³/mol. The molecule has 31 heavy (non-hydrogen) atoms. The Balaban J connectivity index is 2.14. The van der Waals surface area contributed by atoms with E-state index in [1.165, 1.54) is 0 Å². The Morgan fingerprint density at radius 1 is 1.06 bits per heavy atom. The second kappa shape index (κ2) is 12.2. The summed E-state index contributed by atoms with van der Waals surface area (Å²) >= 11 is 0. The third-order valence-corrected chi connectivity index (χ3v) is 5.43. The molecule has 1 heterocycles. The van der Waals surface area contributed by atoms with Crippen LogP contribution < -0.4 is 5.32 Å². The summed E-state index contributed by atoms with van der Waals surface area (Å²) < 4.78 is 7.20. The highest BCUT2D eigenvalue weighted by Crippen LogP contribution is 2.20. The first-order valence-corrected chi connectivity index (χ1v) is 10.9. The smallest absolute Gasteiger partial charge is 0.322 e. The number of para-hydroxylation sites is 1. The molecule has 0 aliphatic carbocycles. The first kappa shape index (κ1) is 24.5. The summed E-state index contributed by atoms with van der Waals surface area (Å²) in [5.41, 5.74) is 3.84. The minimum absolute atomic E-state index is 0.0326. The van der Waals surface area contributed by atoms with Crippen molar-refractivity contribution in [2.45, 2.75) is 40.2 Å². The van der Waals surface area contributed by atoms with E-state index in [-0.39, 0.29) is 18.5 Å². The molecule has 0 aliphatic heterocycles. The van der Waals surface area contributed by atoms with Crippen LogP contribution in [0.25, 0.3) is 0 Å². The Morgan fingerprint density at radius 3 is 2.35 bits per heavy atom. The second-order valence-electron chi connectivity index (χ2n) is 7.89. The number of hydrogen-bond acceptors (Lipinski definition) is 3. The number of methoxy groups -OCH3 is 1. The fourth-order valence-electron chi connectivity index (χ4n) is 3.41. The maximum Gasteiger partial charge on any atom is 0.322 e. The standard InChI is InChI=1S/C24H36N4O3/c1-6-7-14-28(24(30)25-23-19(2)10-8-11-20(23)3)18-22(29)27(15-16-31-5)17-21-12-9-13-26(21)4/h8-13H,6-7,14-18H2,1-5H3,(H,25,30). The van der Waals surface area contributed by atoms with E-state index in [1.807, 2.05) is 62.0 Å². The van der Waals surface area contributed by atoms with Gasteiger partial charge in [0, 0.05) is 44.8 Å². The van der Waals surface area contributed by atoms with Gasteiger partial charge in [0.05, 0.1) is 13.2 Å². The van der Waals surface area contributed by atoms with Gasteiger partial charge in [0.1, 0.15) is 6.54 Å². The van der Waals surface area contributed by atoms with Crippen molar-refractivity contribution in [1.82, 2.24) is 14.4 Å². The van der Waals surface area contributed by atoms with Gasteiger partial charge in [-0.1, -0.05) is 31.5 Å². The SMILES string of the molecule is CCCCN(CC(=O)N(CCOC)Cc1cccn1C)C(=O)Nc1c(C)cccc1C. The first-order chi connectivity index (χ1) is 14.9. The van der Waals surface area contributed by atoms with Crippen LogP contribution in [0.2, 0.25) is 0 Å². The number of rotatable bonds is 11. The molecular formula is C24H36N4O3. The van der Waals surface area contributed by atoms with Gasteiger partial charge in [-0.05, 0) is 43.5 Å². The monoisotopic (exact) mass is 428 g/mol. The van der Waals surface area contributed by atoms with Gasteiger partial charge in [-0.3, -0.25) is 4.79 Å². The lowest BCUT2D eigenvalue weighted by molar-refractivity contribution is -0.133. The molecule has 0 saturated carbocycles. The number of aryl methyl sites for hydroxylation is 3. The van der Waals surface area contributed by atoms with Crippen molar-refractivity contribution in [2.24, 2.45) is 7.05 Å². The van der Waals surface area contributed by atoms with Crippen LogP contribution in [-0.2, 0) is 23.1 Å². The molecule has 1 aromatic carbocycles. The van der Waals surface area contributed by atoms with E-state index < -0.39 is 0 Å². The molecule has 0 saturated heterocycles. The van der Waals surface area contributed by atoms with E-state index in [1.54, 1.807) is 16.9 Å². The molecule has 1 aromatic heterocycles. The van der Waals surface area contributed by atoms with Crippen LogP contribution in [0.5, 0.6) is 0 Å². The van der Waals surface area contributed by atoms with E-state index in [2.05, 4.69) is 12.2 Å². The number of amides is 3. The van der Waals surface area contributed by atoms with Crippen LogP contribution >= 0.6 is 0 Å². The summed E-state index contributed by atoms with van der Waals surface area (Å²) in [5, 5.41) is 3.02. The highest BCUT2D eigenvalue weighted by molar-refractivity contribution is 5.93. The number of unbranched alkanes of at least 4 members (excludes halogenated alkanes) is 1. The molecule has 7 heteroatoms. The molecule has 3 amide bonds. The van der Waals surface area contributed by atoms with E-state index in [0.29, 0.717) is 26.2 Å². The number of benzene rings is 1. The van der Waals surface area contributed by atoms with E-state index in [9.17, 15) is 9.59 Å². The zero-order chi connectivity index (χ0) is 22.8. The summed E-state index contributed by atoms with van der Waals surface area (Å²) in [6.07, 6.45) is 3.74. The fourth-order valence-corrected chi connectivity index (χ4v) is 3.41. The largest absolute Gasteiger partial charge is 0.383 e. The maximum atomic E-state index is 13.2. The average molecular weight is 429 g/mol. The number of aromatic nitrogens is 1. The minimum atomic E-state index is -0.246. The van der Waals surface area contributed by atoms with Crippen molar-refractivity contribution in [3.8, 4) is 0 Å². The molecule has 0 bridgehead atoms. The Bertz CT molecular complexity index is 842. The number of carbonyl (C=O) groups is 2. The molecule has 7 nitrogen and oxygen atoms in total. The molecule has 0 atom stereocenters. The first-order valence-electron chi connectivity index (χ1n) is 10.9. The Kier molecular flexibility index (Phi) is 9.59. The van der Waals surface area contributed by atoms with Crippen LogP contribution in [0.4, 0.5) is 10.5 Å². The Labute approximate surface area is 186 Å². The fraction of sp³-hybridized carbons (Fsp3) is 0.500. The molecule has 0 aliphatic rings. The van der Waals surface area contributed by atoms with Crippen LogP contribution in [0.1, 0.15) is 36.6 Å². The number of carbonyl (C=O) groups excluding carboxylic acids is 2. The van der Waals surface area contributed by atoms with Crippen molar-refractivity contribution in [2.75, 3.05) is 38.7 Å². The third-order valence-electron chi connectivity index (χ3n) is 5.43. The predicted octanol–water partition coefficient (Wildman–Crippen LogP) is 3.95. The lowest BCUT2D eigenvalue weighted by Crippen LogP contribution is -2.45. The lowest BCUT2D eigenvalue weighted by Gasteiger charge is -2.28. The lowest BCUT2D eigenvalue weighted by atomic mass is 10.1. The number of anilines is 1. The van der Waals surface area contributed by atoms with Crippen LogP contribution in [-0.4, -0.2) is 59.7 Å². The molecule has 0 spiro atoms. The van der Waals surface area contributed by atoms with Gasteiger partial charge in [0.15, 0.2) is 0 Å². The number of ether oxygens (including phenoxy) is 1. The van der Waals surface area contributed by atoms with Gasteiger partial charge in [-0.25, -0.2) is 4.79 Å². The second-order valence-corrected chi connectivity index (χ2v) is 7.89. The highest BCUT2D eigenvalue weighted by Gasteiger charge is 2.22. The Morgan fingerprint density at radius 2 is 1.77 bits per heavy atom. The topological polar surface area (TPSA) is 66.8 Å². The summed E-state index contributed by atoms with van der Waals surface area (Å²) in [4.78, 5) is 29.6. The molecule has 0 unspecified atom stereocenters. The van der Waals surface area contributed by atoms with Crippen molar-refractivity contribution in [3.05, 3.63) is 53.3 Å². The zero-order valence-corrected chi connectivity index (χ0v) is 19.5. The van der Waals surface area contributed by atoms with Crippen LogP contribution in [0.15, 0.2) is 36.5 Å². The summed E-state index contributed by atoms with van der Waals surface area (Å²) in [7, 11) is 3.58. The van der Waals surface area contributed by atoms with Crippen molar-refractivity contribution in [1.29, 1.82) is 0 Å². The van der Waals surface area contributed by atoms with E-state index >= 15 is 0 Å². The van der Waals surface area contributed by atoms with Crippen LogP contribution in [0, 0.1) is 13.8 Å². The quantitative estimate of drug-likeness (QED) is 0.589. The molecule has 1 N–H and O–H groups in total. The van der Waals surface area contributed by atoms with Gasteiger partial charge < -0.3 is 24.4 Å². The van der Waals surface area contributed by atoms with Crippen molar-refractivity contribution >= 4 is 17.6 Å². The summed E-state index contributed by atoms with van der Waals surface area (Å²) in [6, 6.07) is 9.61. The molecule has 0 fully saturated rings. The summed E-state index contributed by atoms with van der Waals surface area (Å²) in [6.45, 7) is 7.97. The molecule has 0 radical (unpaired) electrons. The number of nitrogens with one attached hydrogen (secondary N) is 1. The normalized spacial score (nSPS) is 10.7. The van der Waals surface area contributed by atoms with Gasteiger partial charge in [0.2, 0.25) is 5.91 Å². The average Bonchev–Trinajstić information content (AvgIpc) is 3.15. The molecular weight excluding hydrogens is 392 g/mol. The zero-order valence-electron chi connectivity index (χ0n) is 19.5. The summed E-state index contributed by atoms with van der Waals surface area (Å²) in [5.74, 6) is -0.0917. The van der Waals surface area contributed by atoms with Crippen LogP contribution in [0.3, 0.4) is 0 Å². The molecule has 2 rings (SSSR count). The van der Waals surface area contributed by atoms with Gasteiger partial charge >= 0.3 is 6.03 Å². The number of urea groups is 1. The Hall–Kier alpha value is -2.80. The van der Waals surface area contributed by atoms with E-state index in [4.69, 9.17) is 4.74 Å². The maximum absolute atomic E-state index is 13.2. The molecule has 2 aromatic rings. The highest BCUT2D eigenvalue weighted by atomic mass is 16.5.